The minimum absolute atomic E-state index is 0.0495. The number of esters is 1. The van der Waals surface area contributed by atoms with E-state index in [1.54, 1.807) is 6.92 Å². The molecule has 0 saturated carbocycles. The van der Waals surface area contributed by atoms with Crippen LogP contribution >= 0.6 is 0 Å². The molecule has 0 amide bonds. The molecule has 4 nitrogen and oxygen atoms in total. The molecule has 0 aliphatic carbocycles. The van der Waals surface area contributed by atoms with E-state index in [4.69, 9.17) is 14.2 Å². The van der Waals surface area contributed by atoms with Crippen molar-refractivity contribution in [1.29, 1.82) is 0 Å². The van der Waals surface area contributed by atoms with Gasteiger partial charge in [0.15, 0.2) is 11.5 Å². The van der Waals surface area contributed by atoms with Crippen molar-refractivity contribution in [3.63, 3.8) is 0 Å². The Balaban J connectivity index is 2.38. The van der Waals surface area contributed by atoms with Crippen LogP contribution in [0.2, 0.25) is 0 Å². The number of alkyl halides is 3. The highest BCUT2D eigenvalue weighted by Crippen LogP contribution is 2.40. The Morgan fingerprint density at radius 2 is 1.81 bits per heavy atom. The summed E-state index contributed by atoms with van der Waals surface area (Å²) >= 11 is 0. The third-order valence-corrected chi connectivity index (χ3v) is 3.56. The van der Waals surface area contributed by atoms with Gasteiger partial charge in [0.05, 0.1) is 19.3 Å². The molecule has 0 unspecified atom stereocenters. The standard InChI is InChI=1S/C20H19F3O4/c1-3-26-19(24)10-9-15-11-18(27-13-14-7-5-4-6-8-14)17(25-2)12-16(15)20(21,22)23/h4-12H,3,13H2,1-2H3. The van der Waals surface area contributed by atoms with Crippen molar-refractivity contribution >= 4 is 12.0 Å². The quantitative estimate of drug-likeness (QED) is 0.508. The molecule has 0 aliphatic heterocycles. The number of methoxy groups -OCH3 is 1. The fourth-order valence-corrected chi connectivity index (χ4v) is 2.31. The minimum Gasteiger partial charge on any atom is -0.493 e. The Kier molecular flexibility index (Phi) is 6.87. The van der Waals surface area contributed by atoms with Crippen molar-refractivity contribution in [2.24, 2.45) is 0 Å². The molecule has 2 aromatic carbocycles. The van der Waals surface area contributed by atoms with Gasteiger partial charge in [0.25, 0.3) is 0 Å². The zero-order valence-corrected chi connectivity index (χ0v) is 14.9. The van der Waals surface area contributed by atoms with E-state index in [0.717, 1.165) is 23.8 Å². The van der Waals surface area contributed by atoms with Crippen molar-refractivity contribution in [3.05, 3.63) is 65.2 Å². The summed E-state index contributed by atoms with van der Waals surface area (Å²) in [4.78, 5) is 11.4. The Hall–Kier alpha value is -2.96. The lowest BCUT2D eigenvalue weighted by Crippen LogP contribution is -2.09. The predicted octanol–water partition coefficient (Wildman–Crippen LogP) is 4.87. The first-order valence-electron chi connectivity index (χ1n) is 8.16. The summed E-state index contributed by atoms with van der Waals surface area (Å²) in [5.41, 5.74) is -0.311. The van der Waals surface area contributed by atoms with Gasteiger partial charge in [0.1, 0.15) is 6.61 Å². The van der Waals surface area contributed by atoms with E-state index in [0.29, 0.717) is 0 Å². The number of carbonyl (C=O) groups excluding carboxylic acids is 1. The maximum Gasteiger partial charge on any atom is 0.417 e. The number of benzene rings is 2. The molecule has 0 bridgehead atoms. The summed E-state index contributed by atoms with van der Waals surface area (Å²) in [5, 5.41) is 0. The summed E-state index contributed by atoms with van der Waals surface area (Å²) in [5.74, 6) is -0.641. The van der Waals surface area contributed by atoms with E-state index in [-0.39, 0.29) is 30.3 Å². The van der Waals surface area contributed by atoms with Crippen LogP contribution < -0.4 is 9.47 Å². The van der Waals surface area contributed by atoms with Crippen LogP contribution in [0.25, 0.3) is 6.08 Å². The van der Waals surface area contributed by atoms with Crippen molar-refractivity contribution in [1.82, 2.24) is 0 Å². The van der Waals surface area contributed by atoms with Gasteiger partial charge in [-0.05, 0) is 36.3 Å². The van der Waals surface area contributed by atoms with E-state index in [1.165, 1.54) is 13.2 Å². The second-order valence-electron chi connectivity index (χ2n) is 5.45. The van der Waals surface area contributed by atoms with E-state index in [2.05, 4.69) is 0 Å². The summed E-state index contributed by atoms with van der Waals surface area (Å²) in [6.07, 6.45) is -2.63. The third-order valence-electron chi connectivity index (χ3n) is 3.56. The molecule has 2 aromatic rings. The molecular formula is C20H19F3O4. The first-order valence-corrected chi connectivity index (χ1v) is 8.16. The molecule has 0 heterocycles. The normalized spacial score (nSPS) is 11.4. The topological polar surface area (TPSA) is 44.8 Å². The van der Waals surface area contributed by atoms with Gasteiger partial charge in [-0.1, -0.05) is 30.3 Å². The number of ether oxygens (including phenoxy) is 3. The van der Waals surface area contributed by atoms with Crippen molar-refractivity contribution in [2.45, 2.75) is 19.7 Å². The average molecular weight is 380 g/mol. The Bertz CT molecular complexity index is 799. The summed E-state index contributed by atoms with van der Waals surface area (Å²) in [6, 6.07) is 11.2. The Morgan fingerprint density at radius 3 is 2.41 bits per heavy atom. The predicted molar refractivity (Wildman–Crippen MR) is 94.4 cm³/mol. The zero-order valence-electron chi connectivity index (χ0n) is 14.9. The lowest BCUT2D eigenvalue weighted by atomic mass is 10.0. The molecule has 27 heavy (non-hydrogen) atoms. The van der Waals surface area contributed by atoms with Crippen LogP contribution in [0.3, 0.4) is 0 Å². The summed E-state index contributed by atoms with van der Waals surface area (Å²) in [7, 11) is 1.26. The second-order valence-corrected chi connectivity index (χ2v) is 5.45. The lowest BCUT2D eigenvalue weighted by molar-refractivity contribution is -0.138. The van der Waals surface area contributed by atoms with Crippen LogP contribution in [-0.4, -0.2) is 19.7 Å². The van der Waals surface area contributed by atoms with Crippen LogP contribution in [0.5, 0.6) is 11.5 Å². The molecule has 0 spiro atoms. The van der Waals surface area contributed by atoms with Gasteiger partial charge in [-0.2, -0.15) is 13.2 Å². The first-order chi connectivity index (χ1) is 12.8. The van der Waals surface area contributed by atoms with Gasteiger partial charge < -0.3 is 14.2 Å². The molecule has 7 heteroatoms. The van der Waals surface area contributed by atoms with Crippen LogP contribution in [0.15, 0.2) is 48.5 Å². The first kappa shape index (κ1) is 20.4. The van der Waals surface area contributed by atoms with Gasteiger partial charge in [-0.15, -0.1) is 0 Å². The average Bonchev–Trinajstić information content (AvgIpc) is 2.64. The second kappa shape index (κ2) is 9.12. The number of carbonyl (C=O) groups is 1. The van der Waals surface area contributed by atoms with E-state index in [9.17, 15) is 18.0 Å². The largest absolute Gasteiger partial charge is 0.493 e. The van der Waals surface area contributed by atoms with Crippen LogP contribution in [0.4, 0.5) is 13.2 Å². The Labute approximate surface area is 155 Å². The number of hydrogen-bond donors (Lipinski definition) is 0. The highest BCUT2D eigenvalue weighted by Gasteiger charge is 2.34. The molecule has 2 rings (SSSR count). The zero-order chi connectivity index (χ0) is 19.9. The SMILES string of the molecule is CCOC(=O)C=Cc1cc(OCc2ccccc2)c(OC)cc1C(F)(F)F. The molecule has 0 atom stereocenters. The van der Waals surface area contributed by atoms with Crippen molar-refractivity contribution < 1.29 is 32.2 Å². The molecule has 0 N–H and O–H groups in total. The fraction of sp³-hybridized carbons (Fsp3) is 0.250. The molecular weight excluding hydrogens is 361 g/mol. The van der Waals surface area contributed by atoms with Gasteiger partial charge in [-0.25, -0.2) is 4.79 Å². The highest BCUT2D eigenvalue weighted by molar-refractivity contribution is 5.87. The van der Waals surface area contributed by atoms with Crippen molar-refractivity contribution in [3.8, 4) is 11.5 Å². The maximum atomic E-state index is 13.4. The molecule has 0 saturated heterocycles. The number of hydrogen-bond acceptors (Lipinski definition) is 4. The summed E-state index contributed by atoms with van der Waals surface area (Å²) in [6.45, 7) is 1.89. The van der Waals surface area contributed by atoms with E-state index in [1.807, 2.05) is 30.3 Å². The van der Waals surface area contributed by atoms with Gasteiger partial charge in [0.2, 0.25) is 0 Å². The molecule has 144 valence electrons. The summed E-state index contributed by atoms with van der Waals surface area (Å²) < 4.78 is 55.5. The monoisotopic (exact) mass is 380 g/mol. The maximum absolute atomic E-state index is 13.4. The number of rotatable bonds is 7. The minimum atomic E-state index is -4.63. The molecule has 0 aliphatic rings. The van der Waals surface area contributed by atoms with Gasteiger partial charge in [0, 0.05) is 6.08 Å². The van der Waals surface area contributed by atoms with E-state index < -0.39 is 17.7 Å². The molecule has 0 fully saturated rings. The molecule has 0 aromatic heterocycles. The third kappa shape index (κ3) is 5.77. The van der Waals surface area contributed by atoms with Crippen LogP contribution in [-0.2, 0) is 22.3 Å². The van der Waals surface area contributed by atoms with Gasteiger partial charge >= 0.3 is 12.1 Å². The molecule has 0 radical (unpaired) electrons. The lowest BCUT2D eigenvalue weighted by Gasteiger charge is -2.16. The highest BCUT2D eigenvalue weighted by atomic mass is 19.4. The smallest absolute Gasteiger partial charge is 0.417 e. The fourth-order valence-electron chi connectivity index (χ4n) is 2.31. The Morgan fingerprint density at radius 1 is 1.11 bits per heavy atom. The van der Waals surface area contributed by atoms with Gasteiger partial charge in [-0.3, -0.25) is 0 Å². The van der Waals surface area contributed by atoms with Crippen molar-refractivity contribution in [2.75, 3.05) is 13.7 Å². The number of halogens is 3. The van der Waals surface area contributed by atoms with E-state index >= 15 is 0 Å². The van der Waals surface area contributed by atoms with Crippen LogP contribution in [0, 0.1) is 0 Å². The van der Waals surface area contributed by atoms with Crippen LogP contribution in [0.1, 0.15) is 23.6 Å².